The number of anilines is 1. The van der Waals surface area contributed by atoms with E-state index in [0.29, 0.717) is 5.69 Å². The van der Waals surface area contributed by atoms with Gasteiger partial charge in [-0.1, -0.05) is 42.5 Å². The molecule has 0 bridgehead atoms. The largest absolute Gasteiger partial charge is 0.545 e. The molecule has 0 aromatic heterocycles. The average Bonchev–Trinajstić information content (AvgIpc) is 2.62. The molecule has 0 aliphatic heterocycles. The maximum absolute atomic E-state index is 10.7. The summed E-state index contributed by atoms with van der Waals surface area (Å²) in [6.45, 7) is 0. The lowest BCUT2D eigenvalue weighted by Crippen LogP contribution is -2.21. The van der Waals surface area contributed by atoms with Crippen molar-refractivity contribution in [3.63, 3.8) is 0 Å². The maximum Gasteiger partial charge on any atom is 0.128 e. The zero-order chi connectivity index (χ0) is 16.9. The molecule has 0 aliphatic rings. The Hall–Kier alpha value is -3.34. The summed E-state index contributed by atoms with van der Waals surface area (Å²) in [6, 6.07) is 18.1. The maximum atomic E-state index is 10.7. The van der Waals surface area contributed by atoms with Gasteiger partial charge in [0.25, 0.3) is 0 Å². The van der Waals surface area contributed by atoms with E-state index in [0.717, 1.165) is 22.1 Å². The first-order valence-corrected chi connectivity index (χ1v) is 7.35. The molecular weight excluding hydrogens is 304 g/mol. The molecule has 3 rings (SSSR count). The molecule has 1 N–H and O–H groups in total. The summed E-state index contributed by atoms with van der Waals surface area (Å²) in [7, 11) is 1.62. The number of aromatic carboxylic acids is 1. The van der Waals surface area contributed by atoms with Gasteiger partial charge in [-0.3, -0.25) is 5.43 Å². The summed E-state index contributed by atoms with van der Waals surface area (Å²) in [4.78, 5) is 10.7. The third-order valence-electron chi connectivity index (χ3n) is 3.66. The van der Waals surface area contributed by atoms with Crippen LogP contribution in [0.1, 0.15) is 15.9 Å². The number of methoxy groups -OCH3 is 1. The van der Waals surface area contributed by atoms with Crippen molar-refractivity contribution in [1.29, 1.82) is 0 Å². The Kier molecular flexibility index (Phi) is 4.43. The van der Waals surface area contributed by atoms with Gasteiger partial charge in [0.05, 0.1) is 25.0 Å². The fraction of sp³-hybridized carbons (Fsp3) is 0.0526. The number of carbonyl (C=O) groups excluding carboxylic acids is 1. The van der Waals surface area contributed by atoms with Gasteiger partial charge in [-0.2, -0.15) is 5.10 Å². The third-order valence-corrected chi connectivity index (χ3v) is 3.66. The topological polar surface area (TPSA) is 73.8 Å². The molecule has 5 nitrogen and oxygen atoms in total. The number of carbonyl (C=O) groups is 1. The van der Waals surface area contributed by atoms with E-state index < -0.39 is 5.97 Å². The van der Waals surface area contributed by atoms with Crippen molar-refractivity contribution >= 4 is 28.6 Å². The number of carboxylic acid groups (broad SMARTS) is 1. The highest BCUT2D eigenvalue weighted by molar-refractivity contribution is 6.02. The van der Waals surface area contributed by atoms with Gasteiger partial charge in [0, 0.05) is 5.56 Å². The predicted molar refractivity (Wildman–Crippen MR) is 92.5 cm³/mol. The number of hydrazone groups is 1. The van der Waals surface area contributed by atoms with Crippen LogP contribution in [-0.2, 0) is 0 Å². The summed E-state index contributed by atoms with van der Waals surface area (Å²) < 4.78 is 5.41. The van der Waals surface area contributed by atoms with Crippen LogP contribution in [0, 0.1) is 0 Å². The van der Waals surface area contributed by atoms with Crippen molar-refractivity contribution in [2.75, 3.05) is 12.5 Å². The Labute approximate surface area is 139 Å². The molecule has 0 aliphatic carbocycles. The third kappa shape index (κ3) is 3.20. The second-order valence-corrected chi connectivity index (χ2v) is 5.14. The van der Waals surface area contributed by atoms with E-state index in [1.54, 1.807) is 25.5 Å². The number of fused-ring (bicyclic) bond motifs is 1. The molecule has 0 amide bonds. The molecule has 0 spiro atoms. The van der Waals surface area contributed by atoms with E-state index in [2.05, 4.69) is 10.5 Å². The molecule has 0 saturated heterocycles. The van der Waals surface area contributed by atoms with Gasteiger partial charge in [-0.15, -0.1) is 0 Å². The molecule has 24 heavy (non-hydrogen) atoms. The summed E-state index contributed by atoms with van der Waals surface area (Å²) in [5.41, 5.74) is 4.55. The van der Waals surface area contributed by atoms with Crippen molar-refractivity contribution in [2.24, 2.45) is 5.10 Å². The van der Waals surface area contributed by atoms with Gasteiger partial charge in [0.1, 0.15) is 5.75 Å². The molecule has 0 fully saturated rings. The van der Waals surface area contributed by atoms with Crippen LogP contribution in [0.15, 0.2) is 65.8 Å². The Morgan fingerprint density at radius 3 is 2.54 bits per heavy atom. The number of carboxylic acids is 1. The molecule has 3 aromatic rings. The normalized spacial score (nSPS) is 10.9. The number of benzene rings is 3. The van der Waals surface area contributed by atoms with Gasteiger partial charge in [-0.25, -0.2) is 0 Å². The Morgan fingerprint density at radius 2 is 1.83 bits per heavy atom. The van der Waals surface area contributed by atoms with Crippen molar-refractivity contribution in [3.05, 3.63) is 71.8 Å². The lowest BCUT2D eigenvalue weighted by atomic mass is 10.0. The molecule has 0 unspecified atom stereocenters. The van der Waals surface area contributed by atoms with Crippen LogP contribution >= 0.6 is 0 Å². The number of nitrogens with one attached hydrogen (secondary N) is 1. The van der Waals surface area contributed by atoms with Crippen molar-refractivity contribution in [2.45, 2.75) is 0 Å². The van der Waals surface area contributed by atoms with Crippen molar-refractivity contribution in [3.8, 4) is 5.75 Å². The lowest BCUT2D eigenvalue weighted by molar-refractivity contribution is -0.255. The number of hydrogen-bond acceptors (Lipinski definition) is 5. The standard InChI is InChI=1S/C19H16N2O3/c1-24-18-11-8-13-4-2-3-5-16(13)17(18)12-20-21-15-9-6-14(7-10-15)19(22)23/h2-12,21H,1H3,(H,22,23)/p-1/b20-12-. The molecule has 5 heteroatoms. The highest BCUT2D eigenvalue weighted by Crippen LogP contribution is 2.26. The van der Waals surface area contributed by atoms with Crippen LogP contribution < -0.4 is 15.3 Å². The highest BCUT2D eigenvalue weighted by Gasteiger charge is 2.05. The fourth-order valence-corrected chi connectivity index (χ4v) is 2.44. The second-order valence-electron chi connectivity index (χ2n) is 5.14. The number of rotatable bonds is 5. The number of hydrogen-bond donors (Lipinski definition) is 1. The van der Waals surface area contributed by atoms with Gasteiger partial charge in [-0.05, 0) is 34.5 Å². The van der Waals surface area contributed by atoms with E-state index in [9.17, 15) is 9.90 Å². The smallest absolute Gasteiger partial charge is 0.128 e. The minimum atomic E-state index is -1.20. The van der Waals surface area contributed by atoms with Crippen molar-refractivity contribution < 1.29 is 14.6 Å². The monoisotopic (exact) mass is 319 g/mol. The Balaban J connectivity index is 1.86. The first kappa shape index (κ1) is 15.6. The van der Waals surface area contributed by atoms with E-state index in [4.69, 9.17) is 4.74 Å². The summed E-state index contributed by atoms with van der Waals surface area (Å²) in [5, 5.41) is 17.1. The second kappa shape index (κ2) is 6.83. The van der Waals surface area contributed by atoms with Crippen LogP contribution in [0.5, 0.6) is 5.75 Å². The predicted octanol–water partition coefficient (Wildman–Crippen LogP) is 2.66. The molecule has 0 atom stereocenters. The van der Waals surface area contributed by atoms with Crippen LogP contribution in [0.25, 0.3) is 10.8 Å². The van der Waals surface area contributed by atoms with Crippen LogP contribution in [-0.4, -0.2) is 19.3 Å². The zero-order valence-corrected chi connectivity index (χ0v) is 13.0. The molecule has 120 valence electrons. The molecule has 0 radical (unpaired) electrons. The van der Waals surface area contributed by atoms with Crippen LogP contribution in [0.4, 0.5) is 5.69 Å². The highest BCUT2D eigenvalue weighted by atomic mass is 16.5. The number of nitrogens with zero attached hydrogens (tertiary/aromatic N) is 1. The van der Waals surface area contributed by atoms with Gasteiger partial charge in [0.2, 0.25) is 0 Å². The van der Waals surface area contributed by atoms with E-state index in [1.165, 1.54) is 12.1 Å². The molecule has 0 saturated carbocycles. The first-order chi connectivity index (χ1) is 11.7. The summed E-state index contributed by atoms with van der Waals surface area (Å²) in [5.74, 6) is -0.475. The van der Waals surface area contributed by atoms with Gasteiger partial charge >= 0.3 is 0 Å². The Morgan fingerprint density at radius 1 is 1.08 bits per heavy atom. The van der Waals surface area contributed by atoms with E-state index in [1.807, 2.05) is 36.4 Å². The fourth-order valence-electron chi connectivity index (χ4n) is 2.44. The minimum absolute atomic E-state index is 0.125. The zero-order valence-electron chi connectivity index (χ0n) is 13.0. The molecule has 0 heterocycles. The SMILES string of the molecule is COc1ccc2ccccc2c1/C=N\Nc1ccc(C(=O)[O-])cc1. The molecular formula is C19H15N2O3-. The van der Waals surface area contributed by atoms with E-state index in [-0.39, 0.29) is 5.56 Å². The summed E-state index contributed by atoms with van der Waals surface area (Å²) >= 11 is 0. The minimum Gasteiger partial charge on any atom is -0.545 e. The quantitative estimate of drug-likeness (QED) is 0.579. The summed E-state index contributed by atoms with van der Waals surface area (Å²) in [6.07, 6.45) is 1.69. The van der Waals surface area contributed by atoms with Gasteiger partial charge < -0.3 is 14.6 Å². The van der Waals surface area contributed by atoms with Crippen molar-refractivity contribution in [1.82, 2.24) is 0 Å². The Bertz CT molecular complexity index is 902. The lowest BCUT2D eigenvalue weighted by Gasteiger charge is -2.08. The van der Waals surface area contributed by atoms with E-state index >= 15 is 0 Å². The van der Waals surface area contributed by atoms with Crippen LogP contribution in [0.3, 0.4) is 0 Å². The average molecular weight is 319 g/mol. The van der Waals surface area contributed by atoms with Crippen LogP contribution in [0.2, 0.25) is 0 Å². The van der Waals surface area contributed by atoms with Gasteiger partial charge in [0.15, 0.2) is 0 Å². The first-order valence-electron chi connectivity index (χ1n) is 7.35. The number of ether oxygens (including phenoxy) is 1. The molecule has 3 aromatic carbocycles.